The molecule has 26 heavy (non-hydrogen) atoms. The Morgan fingerprint density at radius 3 is 2.69 bits per heavy atom. The first kappa shape index (κ1) is 17.0. The lowest BCUT2D eigenvalue weighted by Gasteiger charge is -2.11. The number of rotatable bonds is 3. The van der Waals surface area contributed by atoms with Gasteiger partial charge >= 0.3 is 7.60 Å². The monoisotopic (exact) mass is 388 g/mol. The molecule has 0 amide bonds. The summed E-state index contributed by atoms with van der Waals surface area (Å²) in [7, 11) is -4.37. The van der Waals surface area contributed by atoms with Crippen LogP contribution in [0, 0.1) is 6.92 Å². The van der Waals surface area contributed by atoms with Gasteiger partial charge in [-0.05, 0) is 43.3 Å². The number of halogens is 1. The van der Waals surface area contributed by atoms with Crippen LogP contribution < -0.4 is 10.6 Å². The van der Waals surface area contributed by atoms with Crippen LogP contribution in [-0.2, 0) is 4.57 Å². The predicted octanol–water partition coefficient (Wildman–Crippen LogP) is 3.39. The van der Waals surface area contributed by atoms with Crippen LogP contribution in [0.1, 0.15) is 5.69 Å². The Hall–Kier alpha value is -2.44. The summed E-state index contributed by atoms with van der Waals surface area (Å²) in [6.07, 6.45) is 1.84. The molecule has 0 aliphatic rings. The van der Waals surface area contributed by atoms with Crippen molar-refractivity contribution in [2.45, 2.75) is 6.92 Å². The van der Waals surface area contributed by atoms with Crippen LogP contribution in [0.3, 0.4) is 0 Å². The van der Waals surface area contributed by atoms with Crippen molar-refractivity contribution < 1.29 is 14.4 Å². The quantitative estimate of drug-likeness (QED) is 0.465. The Labute approximate surface area is 153 Å². The zero-order valence-corrected chi connectivity index (χ0v) is 15.2. The van der Waals surface area contributed by atoms with E-state index in [1.54, 1.807) is 22.6 Å². The van der Waals surface area contributed by atoms with E-state index in [0.29, 0.717) is 27.5 Å². The Bertz CT molecular complexity index is 1200. The smallest absolute Gasteiger partial charge is 0.325 e. The highest BCUT2D eigenvalue weighted by Gasteiger charge is 2.19. The fourth-order valence-corrected chi connectivity index (χ4v) is 3.53. The van der Waals surface area contributed by atoms with E-state index in [2.05, 4.69) is 15.3 Å². The third-order valence-corrected chi connectivity index (χ3v) is 5.11. The molecular formula is C17H14ClN4O3P. The van der Waals surface area contributed by atoms with Gasteiger partial charge in [-0.3, -0.25) is 8.97 Å². The lowest BCUT2D eigenvalue weighted by Crippen LogP contribution is -2.06. The van der Waals surface area contributed by atoms with Gasteiger partial charge in [-0.15, -0.1) is 0 Å². The van der Waals surface area contributed by atoms with Gasteiger partial charge in [-0.1, -0.05) is 17.7 Å². The minimum absolute atomic E-state index is 0.0844. The van der Waals surface area contributed by atoms with E-state index < -0.39 is 7.60 Å². The van der Waals surface area contributed by atoms with E-state index in [9.17, 15) is 14.4 Å². The molecule has 0 saturated carbocycles. The van der Waals surface area contributed by atoms with Crippen molar-refractivity contribution in [3.63, 3.8) is 0 Å². The fourth-order valence-electron chi connectivity index (χ4n) is 2.78. The van der Waals surface area contributed by atoms with E-state index >= 15 is 0 Å². The maximum absolute atomic E-state index is 11.6. The van der Waals surface area contributed by atoms with E-state index in [1.807, 2.05) is 25.3 Å². The SMILES string of the molecule is Cc1cn2c(Nc3cccc(Cl)c3)nc3cc(P(=O)(O)O)ccc3c2n1. The predicted molar refractivity (Wildman–Crippen MR) is 102 cm³/mol. The first-order valence-corrected chi connectivity index (χ1v) is 9.68. The van der Waals surface area contributed by atoms with Gasteiger partial charge in [0.2, 0.25) is 5.95 Å². The van der Waals surface area contributed by atoms with Gasteiger partial charge in [0.25, 0.3) is 0 Å². The van der Waals surface area contributed by atoms with Gasteiger partial charge < -0.3 is 15.1 Å². The summed E-state index contributed by atoms with van der Waals surface area (Å²) in [6.45, 7) is 1.87. The summed E-state index contributed by atoms with van der Waals surface area (Å²) in [5.41, 5.74) is 2.62. The number of benzene rings is 2. The topological polar surface area (TPSA) is 99.8 Å². The molecule has 7 nitrogen and oxygen atoms in total. The normalized spacial score (nSPS) is 12.0. The van der Waals surface area contributed by atoms with Crippen LogP contribution in [0.4, 0.5) is 11.6 Å². The molecule has 3 N–H and O–H groups in total. The molecule has 132 valence electrons. The highest BCUT2D eigenvalue weighted by atomic mass is 35.5. The van der Waals surface area contributed by atoms with Gasteiger partial charge in [0.1, 0.15) is 5.65 Å². The maximum Gasteiger partial charge on any atom is 0.356 e. The molecule has 0 fully saturated rings. The van der Waals surface area contributed by atoms with Crippen LogP contribution in [0.15, 0.2) is 48.7 Å². The number of hydrogen-bond acceptors (Lipinski definition) is 4. The molecule has 9 heteroatoms. The number of aryl methyl sites for hydroxylation is 1. The average Bonchev–Trinajstić information content (AvgIpc) is 2.96. The van der Waals surface area contributed by atoms with Gasteiger partial charge in [-0.2, -0.15) is 0 Å². The zero-order valence-electron chi connectivity index (χ0n) is 13.6. The Balaban J connectivity index is 1.96. The van der Waals surface area contributed by atoms with E-state index in [1.165, 1.54) is 12.1 Å². The van der Waals surface area contributed by atoms with Crippen molar-refractivity contribution in [2.75, 3.05) is 5.32 Å². The van der Waals surface area contributed by atoms with Gasteiger partial charge in [-0.25, -0.2) is 9.97 Å². The van der Waals surface area contributed by atoms with Crippen molar-refractivity contribution in [1.29, 1.82) is 0 Å². The Morgan fingerprint density at radius 2 is 1.96 bits per heavy atom. The van der Waals surface area contributed by atoms with Gasteiger partial charge in [0.05, 0.1) is 16.5 Å². The highest BCUT2D eigenvalue weighted by molar-refractivity contribution is 7.60. The molecule has 0 aliphatic heterocycles. The second-order valence-electron chi connectivity index (χ2n) is 5.89. The first-order chi connectivity index (χ1) is 12.3. The van der Waals surface area contributed by atoms with Crippen LogP contribution in [0.25, 0.3) is 16.6 Å². The van der Waals surface area contributed by atoms with Crippen molar-refractivity contribution in [2.24, 2.45) is 0 Å². The number of nitrogens with zero attached hydrogens (tertiary/aromatic N) is 3. The summed E-state index contributed by atoms with van der Waals surface area (Å²) in [5.74, 6) is 0.471. The first-order valence-electron chi connectivity index (χ1n) is 7.69. The lowest BCUT2D eigenvalue weighted by molar-refractivity contribution is 0.387. The minimum Gasteiger partial charge on any atom is -0.325 e. The molecular weight excluding hydrogens is 375 g/mol. The van der Waals surface area contributed by atoms with Crippen LogP contribution >= 0.6 is 19.2 Å². The summed E-state index contributed by atoms with van der Waals surface area (Å²) in [6, 6.07) is 11.6. The third-order valence-electron chi connectivity index (χ3n) is 3.92. The minimum atomic E-state index is -4.37. The maximum atomic E-state index is 11.6. The number of nitrogens with one attached hydrogen (secondary N) is 1. The van der Waals surface area contributed by atoms with Crippen molar-refractivity contribution >= 4 is 52.7 Å². The molecule has 0 saturated heterocycles. The molecule has 0 spiro atoms. The van der Waals surface area contributed by atoms with Gasteiger partial charge in [0.15, 0.2) is 0 Å². The summed E-state index contributed by atoms with van der Waals surface area (Å²) in [4.78, 5) is 27.9. The number of aromatic nitrogens is 3. The summed E-state index contributed by atoms with van der Waals surface area (Å²) in [5, 5.41) is 4.38. The van der Waals surface area contributed by atoms with Crippen molar-refractivity contribution in [3.8, 4) is 0 Å². The molecule has 0 bridgehead atoms. The summed E-state index contributed by atoms with van der Waals surface area (Å²) < 4.78 is 13.4. The largest absolute Gasteiger partial charge is 0.356 e. The van der Waals surface area contributed by atoms with Crippen molar-refractivity contribution in [3.05, 3.63) is 59.4 Å². The average molecular weight is 389 g/mol. The number of hydrogen-bond donors (Lipinski definition) is 3. The molecule has 0 unspecified atom stereocenters. The Kier molecular flexibility index (Phi) is 3.97. The molecule has 0 aliphatic carbocycles. The molecule has 2 heterocycles. The van der Waals surface area contributed by atoms with Crippen LogP contribution in [0.2, 0.25) is 5.02 Å². The fraction of sp³-hybridized carbons (Fsp3) is 0.0588. The number of fused-ring (bicyclic) bond motifs is 3. The van der Waals surface area contributed by atoms with Gasteiger partial charge in [0, 0.05) is 22.3 Å². The molecule has 4 aromatic rings. The molecule has 0 atom stereocenters. The standard InChI is InChI=1S/C17H14ClN4O3P/c1-10-9-22-16(19-10)14-6-5-13(26(23,24)25)8-15(14)21-17(22)20-12-4-2-3-11(18)7-12/h2-9H,1H3,(H,20,21)(H2,23,24,25). The van der Waals surface area contributed by atoms with Crippen LogP contribution in [-0.4, -0.2) is 24.2 Å². The lowest BCUT2D eigenvalue weighted by atomic mass is 10.2. The molecule has 4 rings (SSSR count). The van der Waals surface area contributed by atoms with Crippen molar-refractivity contribution in [1.82, 2.24) is 14.4 Å². The highest BCUT2D eigenvalue weighted by Crippen LogP contribution is 2.34. The number of anilines is 2. The zero-order chi connectivity index (χ0) is 18.5. The van der Waals surface area contributed by atoms with E-state index in [-0.39, 0.29) is 5.30 Å². The second-order valence-corrected chi connectivity index (χ2v) is 7.93. The third kappa shape index (κ3) is 3.06. The molecule has 0 radical (unpaired) electrons. The second kappa shape index (κ2) is 6.07. The van der Waals surface area contributed by atoms with E-state index in [0.717, 1.165) is 11.4 Å². The summed E-state index contributed by atoms with van der Waals surface area (Å²) >= 11 is 6.03. The van der Waals surface area contributed by atoms with E-state index in [4.69, 9.17) is 11.6 Å². The molecule has 2 aromatic carbocycles. The molecule has 2 aromatic heterocycles. The van der Waals surface area contributed by atoms with Crippen LogP contribution in [0.5, 0.6) is 0 Å². The Morgan fingerprint density at radius 1 is 1.15 bits per heavy atom. The number of imidazole rings is 1.